The summed E-state index contributed by atoms with van der Waals surface area (Å²) in [7, 11) is 0. The minimum atomic E-state index is -0.268. The average molecular weight is 256 g/mol. The van der Waals surface area contributed by atoms with Crippen molar-refractivity contribution in [3.63, 3.8) is 0 Å². The third-order valence-corrected chi connectivity index (χ3v) is 3.02. The maximum atomic E-state index is 12.0. The summed E-state index contributed by atoms with van der Waals surface area (Å²) in [4.78, 5) is 12.0. The molecule has 0 amide bonds. The van der Waals surface area contributed by atoms with Crippen LogP contribution in [0, 0.1) is 6.92 Å². The quantitative estimate of drug-likeness (QED) is 0.787. The Morgan fingerprint density at radius 1 is 1.32 bits per heavy atom. The van der Waals surface area contributed by atoms with Gasteiger partial charge >= 0.3 is 0 Å². The average Bonchev–Trinajstić information content (AvgIpc) is 2.51. The minimum Gasteiger partial charge on any atom is -0.506 e. The predicted molar refractivity (Wildman–Crippen MR) is 72.6 cm³/mol. The molecule has 1 N–H and O–H groups in total. The number of fused-ring (bicyclic) bond motifs is 2. The van der Waals surface area contributed by atoms with E-state index in [1.54, 1.807) is 25.1 Å². The van der Waals surface area contributed by atoms with Gasteiger partial charge in [0.15, 0.2) is 5.43 Å². The van der Waals surface area contributed by atoms with Gasteiger partial charge in [-0.15, -0.1) is 0 Å². The highest BCUT2D eigenvalue weighted by Crippen LogP contribution is 2.37. The zero-order valence-electron chi connectivity index (χ0n) is 10.4. The van der Waals surface area contributed by atoms with E-state index in [1.165, 1.54) is 6.07 Å². The van der Waals surface area contributed by atoms with E-state index in [0.717, 1.165) is 5.57 Å². The van der Waals surface area contributed by atoms with Gasteiger partial charge in [0.05, 0.1) is 5.56 Å². The van der Waals surface area contributed by atoms with Gasteiger partial charge in [-0.2, -0.15) is 0 Å². The molecule has 3 rings (SSSR count). The molecule has 4 nitrogen and oxygen atoms in total. The standard InChI is InChI=1S/C15H12O4/c1-8-3-4-10-12(18-7-8)6-13-14(15(10)17)11(16)5-9(2)19-13/h3-6,17H,1,7H2,2H3. The molecule has 1 aromatic heterocycles. The summed E-state index contributed by atoms with van der Waals surface area (Å²) in [6.07, 6.45) is 3.45. The van der Waals surface area contributed by atoms with E-state index in [9.17, 15) is 9.90 Å². The van der Waals surface area contributed by atoms with Gasteiger partial charge in [0.25, 0.3) is 0 Å². The maximum absolute atomic E-state index is 12.0. The van der Waals surface area contributed by atoms with Crippen LogP contribution in [0.1, 0.15) is 11.3 Å². The number of phenols is 1. The van der Waals surface area contributed by atoms with E-state index in [2.05, 4.69) is 6.58 Å². The van der Waals surface area contributed by atoms with Crippen molar-refractivity contribution in [2.45, 2.75) is 6.92 Å². The zero-order chi connectivity index (χ0) is 13.6. The van der Waals surface area contributed by atoms with Crippen molar-refractivity contribution < 1.29 is 14.3 Å². The van der Waals surface area contributed by atoms with Crippen LogP contribution in [-0.4, -0.2) is 11.7 Å². The number of aryl methyl sites for hydroxylation is 1. The zero-order valence-corrected chi connectivity index (χ0v) is 10.4. The van der Waals surface area contributed by atoms with Crippen molar-refractivity contribution in [3.8, 4) is 11.5 Å². The lowest BCUT2D eigenvalue weighted by molar-refractivity contribution is 0.354. The lowest BCUT2D eigenvalue weighted by atomic mass is 10.1. The number of ether oxygens (including phenoxy) is 1. The van der Waals surface area contributed by atoms with Crippen molar-refractivity contribution in [3.05, 3.63) is 51.9 Å². The lowest BCUT2D eigenvalue weighted by Gasteiger charge is -2.10. The van der Waals surface area contributed by atoms with Crippen molar-refractivity contribution in [2.24, 2.45) is 0 Å². The molecule has 0 fully saturated rings. The Bertz CT molecular complexity index is 781. The van der Waals surface area contributed by atoms with Crippen LogP contribution in [0.5, 0.6) is 11.5 Å². The van der Waals surface area contributed by atoms with Crippen LogP contribution >= 0.6 is 0 Å². The Morgan fingerprint density at radius 2 is 2.11 bits per heavy atom. The second-order valence-corrected chi connectivity index (χ2v) is 4.51. The summed E-state index contributed by atoms with van der Waals surface area (Å²) in [6.45, 7) is 5.83. The first-order valence-electron chi connectivity index (χ1n) is 5.85. The van der Waals surface area contributed by atoms with Crippen LogP contribution in [0.3, 0.4) is 0 Å². The second-order valence-electron chi connectivity index (χ2n) is 4.51. The molecule has 96 valence electrons. The van der Waals surface area contributed by atoms with Gasteiger partial charge in [-0.3, -0.25) is 4.79 Å². The van der Waals surface area contributed by atoms with E-state index in [0.29, 0.717) is 29.3 Å². The summed E-state index contributed by atoms with van der Waals surface area (Å²) in [6, 6.07) is 2.98. The molecule has 0 spiro atoms. The number of rotatable bonds is 0. The molecule has 1 aliphatic rings. The summed E-state index contributed by atoms with van der Waals surface area (Å²) < 4.78 is 11.0. The number of phenolic OH excluding ortho intramolecular Hbond substituents is 1. The molecule has 0 saturated heterocycles. The topological polar surface area (TPSA) is 59.7 Å². The maximum Gasteiger partial charge on any atom is 0.196 e. The van der Waals surface area contributed by atoms with Crippen molar-refractivity contribution in [1.29, 1.82) is 0 Å². The number of hydrogen-bond acceptors (Lipinski definition) is 4. The van der Waals surface area contributed by atoms with Crippen molar-refractivity contribution >= 4 is 17.0 Å². The number of hydrogen-bond donors (Lipinski definition) is 1. The fourth-order valence-electron chi connectivity index (χ4n) is 2.12. The van der Waals surface area contributed by atoms with Gasteiger partial charge in [0, 0.05) is 12.1 Å². The fraction of sp³-hybridized carbons (Fsp3) is 0.133. The van der Waals surface area contributed by atoms with Gasteiger partial charge in [0.1, 0.15) is 34.8 Å². The van der Waals surface area contributed by atoms with E-state index < -0.39 is 0 Å². The predicted octanol–water partition coefficient (Wildman–Crippen LogP) is 2.77. The third kappa shape index (κ3) is 1.81. The second kappa shape index (κ2) is 4.02. The Labute approximate surface area is 109 Å². The normalized spacial score (nSPS) is 14.1. The first-order chi connectivity index (χ1) is 9.06. The molecule has 4 heteroatoms. The molecular weight excluding hydrogens is 244 g/mol. The number of benzene rings is 1. The molecule has 0 aliphatic carbocycles. The molecule has 0 saturated carbocycles. The molecule has 2 aromatic rings. The lowest BCUT2D eigenvalue weighted by Crippen LogP contribution is -2.03. The molecule has 0 unspecified atom stereocenters. The Hall–Kier alpha value is -2.49. The Balaban J connectivity index is 2.41. The van der Waals surface area contributed by atoms with Gasteiger partial charge in [-0.1, -0.05) is 12.7 Å². The number of aromatic hydroxyl groups is 1. The van der Waals surface area contributed by atoms with Crippen molar-refractivity contribution in [1.82, 2.24) is 0 Å². The minimum absolute atomic E-state index is 0.118. The molecule has 0 radical (unpaired) electrons. The van der Waals surface area contributed by atoms with E-state index >= 15 is 0 Å². The summed E-state index contributed by atoms with van der Waals surface area (Å²) in [5.41, 5.74) is 1.31. The highest BCUT2D eigenvalue weighted by molar-refractivity contribution is 5.90. The van der Waals surface area contributed by atoms with E-state index in [-0.39, 0.29) is 16.6 Å². The summed E-state index contributed by atoms with van der Waals surface area (Å²) >= 11 is 0. The van der Waals surface area contributed by atoms with Gasteiger partial charge in [-0.25, -0.2) is 0 Å². The first kappa shape index (κ1) is 11.6. The van der Waals surface area contributed by atoms with Crippen LogP contribution in [0.2, 0.25) is 0 Å². The van der Waals surface area contributed by atoms with Gasteiger partial charge in [-0.05, 0) is 18.6 Å². The van der Waals surface area contributed by atoms with Crippen molar-refractivity contribution in [2.75, 3.05) is 6.61 Å². The van der Waals surface area contributed by atoms with E-state index in [1.807, 2.05) is 0 Å². The smallest absolute Gasteiger partial charge is 0.196 e. The third-order valence-electron chi connectivity index (χ3n) is 3.02. The van der Waals surface area contributed by atoms with E-state index in [4.69, 9.17) is 9.15 Å². The van der Waals surface area contributed by atoms with Crippen LogP contribution in [0.15, 0.2) is 39.6 Å². The van der Waals surface area contributed by atoms with Crippen LogP contribution in [-0.2, 0) is 0 Å². The highest BCUT2D eigenvalue weighted by Gasteiger charge is 2.18. The largest absolute Gasteiger partial charge is 0.506 e. The molecule has 0 atom stereocenters. The SMILES string of the molecule is C=C1C=Cc2c(cc3oc(C)cc(=O)c3c2O)OC1. The summed E-state index contributed by atoms with van der Waals surface area (Å²) in [5, 5.41) is 10.4. The molecular formula is C15H12O4. The molecule has 1 aliphatic heterocycles. The summed E-state index contributed by atoms with van der Waals surface area (Å²) in [5.74, 6) is 0.853. The highest BCUT2D eigenvalue weighted by atomic mass is 16.5. The Morgan fingerprint density at radius 3 is 2.89 bits per heavy atom. The van der Waals surface area contributed by atoms with Crippen LogP contribution in [0.4, 0.5) is 0 Å². The molecule has 0 bridgehead atoms. The van der Waals surface area contributed by atoms with Gasteiger partial charge in [0.2, 0.25) is 0 Å². The fourth-order valence-corrected chi connectivity index (χ4v) is 2.12. The molecule has 1 aromatic carbocycles. The van der Waals surface area contributed by atoms with Crippen LogP contribution < -0.4 is 10.2 Å². The van der Waals surface area contributed by atoms with Crippen LogP contribution in [0.25, 0.3) is 17.0 Å². The monoisotopic (exact) mass is 256 g/mol. The molecule has 2 heterocycles. The first-order valence-corrected chi connectivity index (χ1v) is 5.85. The van der Waals surface area contributed by atoms with Gasteiger partial charge < -0.3 is 14.3 Å². The Kier molecular flexibility index (Phi) is 2.45. The molecule has 19 heavy (non-hydrogen) atoms.